The Kier molecular flexibility index (Phi) is 8.30. The lowest BCUT2D eigenvalue weighted by atomic mass is 9.94. The van der Waals surface area contributed by atoms with E-state index in [2.05, 4.69) is 22.0 Å². The van der Waals surface area contributed by atoms with Crippen molar-refractivity contribution in [2.75, 3.05) is 26.2 Å². The normalized spacial score (nSPS) is 15.9. The highest BCUT2D eigenvalue weighted by atomic mass is 16.5. The van der Waals surface area contributed by atoms with Gasteiger partial charge in [-0.2, -0.15) is 0 Å². The van der Waals surface area contributed by atoms with Gasteiger partial charge in [-0.3, -0.25) is 24.4 Å². The fourth-order valence-electron chi connectivity index (χ4n) is 5.46. The number of fused-ring (bicyclic) bond motifs is 1. The number of rotatable bonds is 10. The number of hydrogen-bond acceptors (Lipinski definition) is 7. The minimum absolute atomic E-state index is 0.199. The first-order valence-corrected chi connectivity index (χ1v) is 13.7. The third kappa shape index (κ3) is 6.38. The molecule has 2 heterocycles. The van der Waals surface area contributed by atoms with Crippen LogP contribution in [0.5, 0.6) is 5.75 Å². The van der Waals surface area contributed by atoms with Crippen molar-refractivity contribution >= 4 is 22.7 Å². The van der Waals surface area contributed by atoms with Crippen LogP contribution in [0.2, 0.25) is 0 Å². The van der Waals surface area contributed by atoms with Crippen LogP contribution < -0.4 is 16.2 Å². The second kappa shape index (κ2) is 12.1. The molecule has 0 bridgehead atoms. The highest BCUT2D eigenvalue weighted by molar-refractivity contribution is 5.95. The summed E-state index contributed by atoms with van der Waals surface area (Å²) in [5, 5.41) is 12.6. The molecule has 5 N–H and O–H groups in total. The predicted octanol–water partition coefficient (Wildman–Crippen LogP) is 2.76. The Morgan fingerprint density at radius 1 is 0.927 bits per heavy atom. The molecular formula is C32H35N5O4. The molecule has 0 spiro atoms. The Morgan fingerprint density at radius 2 is 1.63 bits per heavy atom. The van der Waals surface area contributed by atoms with E-state index in [4.69, 9.17) is 16.2 Å². The summed E-state index contributed by atoms with van der Waals surface area (Å²) in [6, 6.07) is 24.8. The number of primary amides is 2. The highest BCUT2D eigenvalue weighted by Gasteiger charge is 2.42. The Morgan fingerprint density at radius 3 is 2.34 bits per heavy atom. The average molecular weight is 554 g/mol. The number of aromatic nitrogens is 1. The standard InChI is InChI=1S/C32H35N5O4/c1-22-17-25(27-9-5-6-10-29(27)35-22)21-41-26-11-12-28(30(33)38)24(18-26)19-32(40,31(34)39)37-15-13-36(14-16-37)20-23-7-3-2-4-8-23/h2-12,17-18,40H,13-16,19-21H2,1H3,(H2,33,38)(H2,34,39)/t32-/m0/s1. The third-order valence-corrected chi connectivity index (χ3v) is 7.64. The van der Waals surface area contributed by atoms with Crippen molar-refractivity contribution in [3.63, 3.8) is 0 Å². The largest absolute Gasteiger partial charge is 0.489 e. The first kappa shape index (κ1) is 28.2. The monoisotopic (exact) mass is 553 g/mol. The van der Waals surface area contributed by atoms with Gasteiger partial charge in [-0.15, -0.1) is 0 Å². The number of aryl methyl sites for hydroxylation is 1. The summed E-state index contributed by atoms with van der Waals surface area (Å²) < 4.78 is 6.12. The quantitative estimate of drug-likeness (QED) is 0.275. The van der Waals surface area contributed by atoms with E-state index in [0.29, 0.717) is 37.5 Å². The van der Waals surface area contributed by atoms with Crippen molar-refractivity contribution < 1.29 is 19.4 Å². The highest BCUT2D eigenvalue weighted by Crippen LogP contribution is 2.27. The van der Waals surface area contributed by atoms with Gasteiger partial charge >= 0.3 is 0 Å². The lowest BCUT2D eigenvalue weighted by Gasteiger charge is -2.43. The Bertz CT molecular complexity index is 1550. The molecule has 3 aromatic carbocycles. The number of ether oxygens (including phenoxy) is 1. The van der Waals surface area contributed by atoms with E-state index in [0.717, 1.165) is 28.7 Å². The Labute approximate surface area is 239 Å². The van der Waals surface area contributed by atoms with Gasteiger partial charge in [-0.05, 0) is 48.4 Å². The minimum atomic E-state index is -2.00. The van der Waals surface area contributed by atoms with Gasteiger partial charge in [0.1, 0.15) is 12.4 Å². The average Bonchev–Trinajstić information content (AvgIpc) is 2.96. The zero-order valence-electron chi connectivity index (χ0n) is 23.1. The summed E-state index contributed by atoms with van der Waals surface area (Å²) in [5.74, 6) is -1.07. The van der Waals surface area contributed by atoms with Crippen molar-refractivity contribution in [3.8, 4) is 5.75 Å². The van der Waals surface area contributed by atoms with Crippen LogP contribution in [0, 0.1) is 6.92 Å². The van der Waals surface area contributed by atoms with Crippen LogP contribution in [-0.4, -0.2) is 63.6 Å². The van der Waals surface area contributed by atoms with Crippen LogP contribution in [0.25, 0.3) is 10.9 Å². The first-order valence-electron chi connectivity index (χ1n) is 13.7. The van der Waals surface area contributed by atoms with E-state index >= 15 is 0 Å². The van der Waals surface area contributed by atoms with Crippen LogP contribution in [0.3, 0.4) is 0 Å². The van der Waals surface area contributed by atoms with Crippen molar-refractivity contribution in [3.05, 3.63) is 107 Å². The van der Waals surface area contributed by atoms with Gasteiger partial charge in [0.05, 0.1) is 5.52 Å². The molecule has 1 aliphatic heterocycles. The van der Waals surface area contributed by atoms with E-state index in [-0.39, 0.29) is 18.6 Å². The summed E-state index contributed by atoms with van der Waals surface area (Å²) in [5.41, 5.74) is 14.0. The molecule has 0 saturated carbocycles. The number of carbonyl (C=O) groups is 2. The maximum absolute atomic E-state index is 12.7. The van der Waals surface area contributed by atoms with Crippen molar-refractivity contribution in [1.82, 2.24) is 14.8 Å². The van der Waals surface area contributed by atoms with Crippen molar-refractivity contribution in [2.45, 2.75) is 32.2 Å². The molecule has 9 nitrogen and oxygen atoms in total. The molecule has 9 heteroatoms. The molecule has 1 fully saturated rings. The number of amides is 2. The van der Waals surface area contributed by atoms with E-state index in [9.17, 15) is 14.7 Å². The van der Waals surface area contributed by atoms with E-state index in [1.165, 1.54) is 5.56 Å². The fourth-order valence-corrected chi connectivity index (χ4v) is 5.46. The molecule has 2 amide bonds. The summed E-state index contributed by atoms with van der Waals surface area (Å²) in [4.78, 5) is 33.5. The smallest absolute Gasteiger partial charge is 0.265 e. The topological polar surface area (TPSA) is 135 Å². The van der Waals surface area contributed by atoms with Gasteiger partial charge in [0, 0.05) is 61.4 Å². The third-order valence-electron chi connectivity index (χ3n) is 7.64. The number of aliphatic hydroxyl groups is 1. The number of hydrogen-bond donors (Lipinski definition) is 3. The number of carbonyl (C=O) groups excluding carboxylic acids is 2. The van der Waals surface area contributed by atoms with Gasteiger partial charge in [0.15, 0.2) is 0 Å². The second-order valence-corrected chi connectivity index (χ2v) is 10.5. The first-order chi connectivity index (χ1) is 19.7. The predicted molar refractivity (Wildman–Crippen MR) is 157 cm³/mol. The molecule has 4 aromatic rings. The lowest BCUT2D eigenvalue weighted by Crippen LogP contribution is -2.63. The maximum atomic E-state index is 12.7. The zero-order valence-corrected chi connectivity index (χ0v) is 23.1. The molecule has 5 rings (SSSR count). The molecule has 0 aliphatic carbocycles. The van der Waals surface area contributed by atoms with Crippen LogP contribution in [0.1, 0.15) is 32.7 Å². The molecule has 1 saturated heterocycles. The Hall–Kier alpha value is -4.31. The number of pyridine rings is 1. The van der Waals surface area contributed by atoms with Crippen molar-refractivity contribution in [2.24, 2.45) is 11.5 Å². The molecule has 1 aliphatic rings. The summed E-state index contributed by atoms with van der Waals surface area (Å²) in [6.07, 6.45) is -0.201. The fraction of sp³-hybridized carbons (Fsp3) is 0.281. The summed E-state index contributed by atoms with van der Waals surface area (Å²) in [6.45, 7) is 5.14. The second-order valence-electron chi connectivity index (χ2n) is 10.5. The van der Waals surface area contributed by atoms with Gasteiger partial charge in [0.2, 0.25) is 11.6 Å². The van der Waals surface area contributed by atoms with Gasteiger partial charge in [-0.1, -0.05) is 48.5 Å². The van der Waals surface area contributed by atoms with Crippen molar-refractivity contribution in [1.29, 1.82) is 0 Å². The zero-order chi connectivity index (χ0) is 29.0. The van der Waals surface area contributed by atoms with Crippen LogP contribution in [-0.2, 0) is 24.4 Å². The molecule has 1 atom stereocenters. The van der Waals surface area contributed by atoms with Crippen LogP contribution >= 0.6 is 0 Å². The molecule has 41 heavy (non-hydrogen) atoms. The Balaban J connectivity index is 1.34. The van der Waals surface area contributed by atoms with Crippen LogP contribution in [0.15, 0.2) is 78.9 Å². The maximum Gasteiger partial charge on any atom is 0.265 e. The lowest BCUT2D eigenvalue weighted by molar-refractivity contribution is -0.164. The molecule has 0 radical (unpaired) electrons. The minimum Gasteiger partial charge on any atom is -0.489 e. The molecule has 212 valence electrons. The number of piperazine rings is 1. The summed E-state index contributed by atoms with van der Waals surface area (Å²) >= 11 is 0. The van der Waals surface area contributed by atoms with Gasteiger partial charge < -0.3 is 21.3 Å². The molecule has 0 unspecified atom stereocenters. The van der Waals surface area contributed by atoms with E-state index in [1.54, 1.807) is 23.1 Å². The number of nitrogens with zero attached hydrogens (tertiary/aromatic N) is 3. The van der Waals surface area contributed by atoms with E-state index in [1.807, 2.05) is 55.5 Å². The number of para-hydroxylation sites is 1. The molecular weight excluding hydrogens is 518 g/mol. The van der Waals surface area contributed by atoms with Gasteiger partial charge in [0.25, 0.3) is 5.91 Å². The van der Waals surface area contributed by atoms with Crippen LogP contribution in [0.4, 0.5) is 0 Å². The number of benzene rings is 3. The van der Waals surface area contributed by atoms with Gasteiger partial charge in [-0.25, -0.2) is 0 Å². The number of nitrogens with two attached hydrogens (primary N) is 2. The molecule has 1 aromatic heterocycles. The SMILES string of the molecule is Cc1cc(COc2ccc(C(N)=O)c(C[C@](O)(C(N)=O)N3CCN(Cc4ccccc4)CC3)c2)c2ccccc2n1. The summed E-state index contributed by atoms with van der Waals surface area (Å²) in [7, 11) is 0. The van der Waals surface area contributed by atoms with E-state index < -0.39 is 17.5 Å².